The number of hydrogen-bond donors (Lipinski definition) is 1. The molecule has 0 spiro atoms. The summed E-state index contributed by atoms with van der Waals surface area (Å²) < 4.78 is 10.7. The van der Waals surface area contributed by atoms with Crippen LogP contribution in [0, 0.1) is 17.0 Å². The van der Waals surface area contributed by atoms with E-state index in [4.69, 9.17) is 9.47 Å². The van der Waals surface area contributed by atoms with Gasteiger partial charge in [-0.25, -0.2) is 0 Å². The van der Waals surface area contributed by atoms with E-state index in [1.807, 2.05) is 38.1 Å². The lowest BCUT2D eigenvalue weighted by molar-refractivity contribution is -0.385. The first-order valence-corrected chi connectivity index (χ1v) is 11.9. The highest BCUT2D eigenvalue weighted by atomic mass is 16.6. The standard InChI is InChI=1S/C26H33N3O6/c1-4-22(26(31)27-20-10-5-6-11-20)28(16-19-9-7-8-18(2)14-19)25(30)17-35-21-12-13-23(29(32)33)24(15-21)34-3/h7-9,12-15,20,22H,4-6,10-11,16-17H2,1-3H3,(H,27,31)/t22-/m0/s1. The Balaban J connectivity index is 1.78. The molecule has 0 bridgehead atoms. The van der Waals surface area contributed by atoms with E-state index < -0.39 is 11.0 Å². The van der Waals surface area contributed by atoms with Crippen molar-refractivity contribution in [1.29, 1.82) is 0 Å². The molecule has 188 valence electrons. The molecule has 1 atom stereocenters. The Kier molecular flexibility index (Phi) is 9.05. The Hall–Kier alpha value is -3.62. The van der Waals surface area contributed by atoms with Gasteiger partial charge in [0.1, 0.15) is 11.8 Å². The van der Waals surface area contributed by atoms with Gasteiger partial charge in [0, 0.05) is 24.7 Å². The minimum atomic E-state index is -0.640. The summed E-state index contributed by atoms with van der Waals surface area (Å²) in [4.78, 5) is 38.7. The van der Waals surface area contributed by atoms with E-state index in [2.05, 4.69) is 5.32 Å². The van der Waals surface area contributed by atoms with Gasteiger partial charge in [-0.2, -0.15) is 0 Å². The molecule has 0 aromatic heterocycles. The van der Waals surface area contributed by atoms with Crippen molar-refractivity contribution in [2.45, 2.75) is 64.6 Å². The fraction of sp³-hybridized carbons (Fsp3) is 0.462. The molecule has 1 aliphatic carbocycles. The smallest absolute Gasteiger partial charge is 0.311 e. The number of nitrogens with one attached hydrogen (secondary N) is 1. The Bertz CT molecular complexity index is 1050. The fourth-order valence-corrected chi connectivity index (χ4v) is 4.42. The fourth-order valence-electron chi connectivity index (χ4n) is 4.42. The Morgan fingerprint density at radius 2 is 1.94 bits per heavy atom. The molecular weight excluding hydrogens is 450 g/mol. The third kappa shape index (κ3) is 6.94. The topological polar surface area (TPSA) is 111 Å². The predicted molar refractivity (Wildman–Crippen MR) is 131 cm³/mol. The first kappa shape index (κ1) is 26.0. The highest BCUT2D eigenvalue weighted by Crippen LogP contribution is 2.31. The second-order valence-electron chi connectivity index (χ2n) is 8.80. The van der Waals surface area contributed by atoms with Crippen molar-refractivity contribution < 1.29 is 24.0 Å². The molecule has 9 heteroatoms. The minimum Gasteiger partial charge on any atom is -0.490 e. The zero-order valence-corrected chi connectivity index (χ0v) is 20.5. The second-order valence-corrected chi connectivity index (χ2v) is 8.80. The normalized spacial score (nSPS) is 14.3. The van der Waals surface area contributed by atoms with Gasteiger partial charge < -0.3 is 19.7 Å². The van der Waals surface area contributed by atoms with Gasteiger partial charge in [0.2, 0.25) is 11.7 Å². The number of amides is 2. The molecule has 1 aliphatic rings. The zero-order chi connectivity index (χ0) is 25.4. The van der Waals surface area contributed by atoms with Crippen LogP contribution < -0.4 is 14.8 Å². The van der Waals surface area contributed by atoms with Gasteiger partial charge >= 0.3 is 5.69 Å². The van der Waals surface area contributed by atoms with Gasteiger partial charge in [-0.1, -0.05) is 49.6 Å². The number of aryl methyl sites for hydroxylation is 1. The molecule has 2 aromatic rings. The average molecular weight is 484 g/mol. The molecule has 3 rings (SSSR count). The van der Waals surface area contributed by atoms with E-state index in [0.29, 0.717) is 6.42 Å². The quantitative estimate of drug-likeness (QED) is 0.380. The molecule has 2 amide bonds. The van der Waals surface area contributed by atoms with Crippen molar-refractivity contribution in [3.63, 3.8) is 0 Å². The number of nitro groups is 1. The molecule has 9 nitrogen and oxygen atoms in total. The van der Waals surface area contributed by atoms with Gasteiger partial charge in [0.25, 0.3) is 5.91 Å². The maximum atomic E-state index is 13.4. The molecule has 0 unspecified atom stereocenters. The van der Waals surface area contributed by atoms with Crippen LogP contribution in [0.15, 0.2) is 42.5 Å². The van der Waals surface area contributed by atoms with E-state index in [1.54, 1.807) is 4.90 Å². The van der Waals surface area contributed by atoms with E-state index in [0.717, 1.165) is 36.8 Å². The first-order chi connectivity index (χ1) is 16.8. The van der Waals surface area contributed by atoms with Crippen molar-refractivity contribution in [3.8, 4) is 11.5 Å². The molecule has 0 radical (unpaired) electrons. The summed E-state index contributed by atoms with van der Waals surface area (Å²) in [5, 5.41) is 14.2. The predicted octanol–water partition coefficient (Wildman–Crippen LogP) is 4.16. The van der Waals surface area contributed by atoms with Crippen molar-refractivity contribution in [1.82, 2.24) is 10.2 Å². The monoisotopic (exact) mass is 483 g/mol. The van der Waals surface area contributed by atoms with Crippen LogP contribution in [-0.4, -0.2) is 47.4 Å². The highest BCUT2D eigenvalue weighted by molar-refractivity contribution is 5.88. The summed E-state index contributed by atoms with van der Waals surface area (Å²) in [6, 6.07) is 11.4. The summed E-state index contributed by atoms with van der Waals surface area (Å²) in [7, 11) is 1.33. The van der Waals surface area contributed by atoms with Gasteiger partial charge in [-0.05, 0) is 37.8 Å². The maximum Gasteiger partial charge on any atom is 0.311 e. The van der Waals surface area contributed by atoms with Crippen LogP contribution in [0.25, 0.3) is 0 Å². The molecule has 0 aliphatic heterocycles. The SMILES string of the molecule is CC[C@@H](C(=O)NC1CCCC1)N(Cc1cccc(C)c1)C(=O)COc1ccc([N+](=O)[O-])c(OC)c1. The van der Waals surface area contributed by atoms with Crippen molar-refractivity contribution >= 4 is 17.5 Å². The van der Waals surface area contributed by atoms with Crippen molar-refractivity contribution in [2.75, 3.05) is 13.7 Å². The number of benzene rings is 2. The summed E-state index contributed by atoms with van der Waals surface area (Å²) >= 11 is 0. The summed E-state index contributed by atoms with van der Waals surface area (Å²) in [5.41, 5.74) is 1.79. The van der Waals surface area contributed by atoms with Gasteiger partial charge in [-0.3, -0.25) is 19.7 Å². The number of carbonyl (C=O) groups excluding carboxylic acids is 2. The molecule has 0 heterocycles. The molecule has 0 saturated heterocycles. The lowest BCUT2D eigenvalue weighted by Gasteiger charge is -2.31. The van der Waals surface area contributed by atoms with E-state index in [-0.39, 0.29) is 48.2 Å². The molecular formula is C26H33N3O6. The lowest BCUT2D eigenvalue weighted by atomic mass is 10.1. The van der Waals surface area contributed by atoms with Gasteiger partial charge in [0.15, 0.2) is 6.61 Å². The molecule has 35 heavy (non-hydrogen) atoms. The van der Waals surface area contributed by atoms with E-state index in [9.17, 15) is 19.7 Å². The summed E-state index contributed by atoms with van der Waals surface area (Å²) in [5.74, 6) is -0.201. The third-order valence-electron chi connectivity index (χ3n) is 6.23. The van der Waals surface area contributed by atoms with Crippen LogP contribution in [0.2, 0.25) is 0 Å². The van der Waals surface area contributed by atoms with Crippen LogP contribution >= 0.6 is 0 Å². The minimum absolute atomic E-state index is 0.0407. The van der Waals surface area contributed by atoms with Crippen LogP contribution in [0.1, 0.15) is 50.2 Å². The summed E-state index contributed by atoms with van der Waals surface area (Å²) in [6.07, 6.45) is 4.57. The Labute approximate surface area is 205 Å². The number of ether oxygens (including phenoxy) is 2. The average Bonchev–Trinajstić information content (AvgIpc) is 3.35. The lowest BCUT2D eigenvalue weighted by Crippen LogP contribution is -2.52. The highest BCUT2D eigenvalue weighted by Gasteiger charge is 2.31. The number of nitro benzene ring substituents is 1. The molecule has 1 fully saturated rings. The van der Waals surface area contributed by atoms with Crippen LogP contribution in [0.4, 0.5) is 5.69 Å². The van der Waals surface area contributed by atoms with Crippen molar-refractivity contribution in [3.05, 3.63) is 63.7 Å². The first-order valence-electron chi connectivity index (χ1n) is 11.9. The number of hydrogen-bond acceptors (Lipinski definition) is 6. The maximum absolute atomic E-state index is 13.4. The second kappa shape index (κ2) is 12.2. The number of carbonyl (C=O) groups is 2. The zero-order valence-electron chi connectivity index (χ0n) is 20.5. The number of nitrogens with zero attached hydrogens (tertiary/aromatic N) is 2. The molecule has 1 N–H and O–H groups in total. The Morgan fingerprint density at radius 1 is 1.20 bits per heavy atom. The largest absolute Gasteiger partial charge is 0.490 e. The Morgan fingerprint density at radius 3 is 2.57 bits per heavy atom. The van der Waals surface area contributed by atoms with Gasteiger partial charge in [0.05, 0.1) is 12.0 Å². The third-order valence-corrected chi connectivity index (χ3v) is 6.23. The van der Waals surface area contributed by atoms with Crippen LogP contribution in [0.3, 0.4) is 0 Å². The number of methoxy groups -OCH3 is 1. The van der Waals surface area contributed by atoms with Crippen molar-refractivity contribution in [2.24, 2.45) is 0 Å². The molecule has 2 aromatic carbocycles. The molecule has 1 saturated carbocycles. The van der Waals surface area contributed by atoms with E-state index in [1.165, 1.54) is 25.3 Å². The van der Waals surface area contributed by atoms with E-state index >= 15 is 0 Å². The van der Waals surface area contributed by atoms with Crippen LogP contribution in [0.5, 0.6) is 11.5 Å². The van der Waals surface area contributed by atoms with Gasteiger partial charge in [-0.15, -0.1) is 0 Å². The summed E-state index contributed by atoms with van der Waals surface area (Å²) in [6.45, 7) is 3.81. The van der Waals surface area contributed by atoms with Crippen LogP contribution in [-0.2, 0) is 16.1 Å². The number of rotatable bonds is 11.